The first-order valence-electron chi connectivity index (χ1n) is 12.5. The number of amides is 2. The van der Waals surface area contributed by atoms with Gasteiger partial charge in [-0.1, -0.05) is 37.5 Å². The van der Waals surface area contributed by atoms with Crippen LogP contribution in [0.3, 0.4) is 0 Å². The molecule has 6 nitrogen and oxygen atoms in total. The molecule has 2 atom stereocenters. The maximum Gasteiger partial charge on any atom is 0.246 e. The van der Waals surface area contributed by atoms with Crippen LogP contribution in [0.25, 0.3) is 0 Å². The van der Waals surface area contributed by atoms with Gasteiger partial charge in [0.05, 0.1) is 6.04 Å². The fourth-order valence-corrected chi connectivity index (χ4v) is 7.16. The Balaban J connectivity index is 1.29. The predicted molar refractivity (Wildman–Crippen MR) is 140 cm³/mol. The summed E-state index contributed by atoms with van der Waals surface area (Å²) in [6, 6.07) is 10.0. The summed E-state index contributed by atoms with van der Waals surface area (Å²) in [4.78, 5) is 28.2. The molecule has 1 saturated carbocycles. The lowest BCUT2D eigenvalue weighted by Crippen LogP contribution is -2.55. The number of carbonyl (C=O) groups is 2. The number of hydrogen-bond donors (Lipinski definition) is 3. The van der Waals surface area contributed by atoms with E-state index in [0.717, 1.165) is 54.9 Å². The molecule has 33 heavy (non-hydrogen) atoms. The third kappa shape index (κ3) is 7.55. The summed E-state index contributed by atoms with van der Waals surface area (Å²) in [6.45, 7) is 1.47. The fraction of sp³-hybridized carbons (Fsp3) is 0.680. The average molecular weight is 491 g/mol. The average Bonchev–Trinajstić information content (AvgIpc) is 3.40. The van der Waals surface area contributed by atoms with Crippen molar-refractivity contribution in [3.05, 3.63) is 30.3 Å². The molecule has 182 valence electrons. The van der Waals surface area contributed by atoms with E-state index in [1.54, 1.807) is 11.8 Å². The Morgan fingerprint density at radius 1 is 1.09 bits per heavy atom. The Hall–Kier alpha value is -1.38. The maximum absolute atomic E-state index is 13.4. The molecule has 1 aromatic rings. The van der Waals surface area contributed by atoms with Crippen LogP contribution >= 0.6 is 23.5 Å². The van der Waals surface area contributed by atoms with Crippen LogP contribution in [0.1, 0.15) is 44.9 Å². The van der Waals surface area contributed by atoms with Crippen molar-refractivity contribution in [2.24, 2.45) is 5.92 Å². The maximum atomic E-state index is 13.4. The molecule has 1 aliphatic carbocycles. The Bertz CT molecular complexity index is 746. The molecule has 0 bridgehead atoms. The largest absolute Gasteiger partial charge is 0.382 e. The van der Waals surface area contributed by atoms with E-state index in [-0.39, 0.29) is 17.9 Å². The fourth-order valence-electron chi connectivity index (χ4n) is 4.95. The van der Waals surface area contributed by atoms with Gasteiger partial charge in [0.25, 0.3) is 0 Å². The van der Waals surface area contributed by atoms with Gasteiger partial charge in [-0.25, -0.2) is 0 Å². The lowest BCUT2D eigenvalue weighted by atomic mass is 9.91. The van der Waals surface area contributed by atoms with Gasteiger partial charge in [-0.15, -0.1) is 11.8 Å². The molecule has 4 rings (SSSR count). The number of likely N-dealkylation sites (tertiary alicyclic amines) is 1. The lowest BCUT2D eigenvalue weighted by Gasteiger charge is -2.35. The van der Waals surface area contributed by atoms with E-state index >= 15 is 0 Å². The van der Waals surface area contributed by atoms with Gasteiger partial charge in [-0.2, -0.15) is 11.8 Å². The summed E-state index contributed by atoms with van der Waals surface area (Å²) < 4.78 is 0. The molecule has 0 radical (unpaired) electrons. The van der Waals surface area contributed by atoms with E-state index in [1.807, 2.05) is 34.9 Å². The number of nitrogens with one attached hydrogen (secondary N) is 3. The Morgan fingerprint density at radius 2 is 1.85 bits per heavy atom. The molecule has 8 heteroatoms. The van der Waals surface area contributed by atoms with Gasteiger partial charge >= 0.3 is 0 Å². The molecule has 0 aromatic heterocycles. The number of hydrogen-bond acceptors (Lipinski definition) is 6. The van der Waals surface area contributed by atoms with Crippen LogP contribution in [0.5, 0.6) is 0 Å². The van der Waals surface area contributed by atoms with Crippen molar-refractivity contribution >= 4 is 41.0 Å². The molecule has 0 spiro atoms. The zero-order valence-corrected chi connectivity index (χ0v) is 21.1. The third-order valence-electron chi connectivity index (χ3n) is 6.96. The Kier molecular flexibility index (Phi) is 9.68. The van der Waals surface area contributed by atoms with E-state index in [2.05, 4.69) is 28.1 Å². The summed E-state index contributed by atoms with van der Waals surface area (Å²) >= 11 is 3.58. The second-order valence-electron chi connectivity index (χ2n) is 9.48. The highest BCUT2D eigenvalue weighted by Crippen LogP contribution is 2.27. The molecule has 2 saturated heterocycles. The van der Waals surface area contributed by atoms with Crippen LogP contribution < -0.4 is 16.0 Å². The molecule has 2 amide bonds. The van der Waals surface area contributed by atoms with Crippen molar-refractivity contribution in [2.45, 2.75) is 63.1 Å². The highest BCUT2D eigenvalue weighted by atomic mass is 32.2. The molecule has 0 unspecified atom stereocenters. The van der Waals surface area contributed by atoms with Gasteiger partial charge < -0.3 is 15.5 Å². The first kappa shape index (κ1) is 24.7. The van der Waals surface area contributed by atoms with Crippen molar-refractivity contribution in [3.63, 3.8) is 0 Å². The molecular weight excluding hydrogens is 452 g/mol. The lowest BCUT2D eigenvalue weighted by molar-refractivity contribution is -0.136. The number of piperidine rings is 1. The van der Waals surface area contributed by atoms with E-state index < -0.39 is 6.04 Å². The van der Waals surface area contributed by atoms with Gasteiger partial charge in [0.15, 0.2) is 0 Å². The number of thioether (sulfide) groups is 2. The van der Waals surface area contributed by atoms with Gasteiger partial charge in [0.1, 0.15) is 6.04 Å². The summed E-state index contributed by atoms with van der Waals surface area (Å²) in [7, 11) is 0. The molecular formula is C25H38N4O2S2. The number of para-hydroxylation sites is 1. The van der Waals surface area contributed by atoms with E-state index in [9.17, 15) is 9.59 Å². The van der Waals surface area contributed by atoms with E-state index in [1.165, 1.54) is 32.1 Å². The molecule has 1 aromatic carbocycles. The normalized spacial score (nSPS) is 23.3. The molecule has 3 aliphatic rings. The molecule has 2 heterocycles. The van der Waals surface area contributed by atoms with Crippen LogP contribution in [0.4, 0.5) is 5.69 Å². The zero-order valence-electron chi connectivity index (χ0n) is 19.5. The van der Waals surface area contributed by atoms with Crippen LogP contribution in [0.2, 0.25) is 0 Å². The Labute approximate surface area is 206 Å². The second kappa shape index (κ2) is 12.9. The summed E-state index contributed by atoms with van der Waals surface area (Å²) in [5, 5.41) is 9.92. The van der Waals surface area contributed by atoms with Crippen LogP contribution in [0.15, 0.2) is 30.3 Å². The minimum absolute atomic E-state index is 0.0303. The third-order valence-corrected chi connectivity index (χ3v) is 9.18. The quantitative estimate of drug-likeness (QED) is 0.492. The zero-order chi connectivity index (χ0) is 22.9. The molecule has 2 aliphatic heterocycles. The van der Waals surface area contributed by atoms with E-state index in [0.29, 0.717) is 11.8 Å². The van der Waals surface area contributed by atoms with Crippen LogP contribution in [-0.4, -0.2) is 71.1 Å². The molecule has 3 N–H and O–H groups in total. The highest BCUT2D eigenvalue weighted by molar-refractivity contribution is 7.99. The number of nitrogens with zero attached hydrogens (tertiary/aromatic N) is 1. The minimum atomic E-state index is -0.433. The summed E-state index contributed by atoms with van der Waals surface area (Å²) in [5.74, 6) is 4.17. The van der Waals surface area contributed by atoms with Crippen molar-refractivity contribution in [1.82, 2.24) is 15.5 Å². The predicted octanol–water partition coefficient (Wildman–Crippen LogP) is 3.55. The Morgan fingerprint density at radius 3 is 2.55 bits per heavy atom. The molecule has 3 fully saturated rings. The number of carbonyl (C=O) groups excluding carboxylic acids is 2. The van der Waals surface area contributed by atoms with Crippen molar-refractivity contribution in [3.8, 4) is 0 Å². The first-order valence-corrected chi connectivity index (χ1v) is 14.8. The van der Waals surface area contributed by atoms with Crippen LogP contribution in [0, 0.1) is 5.92 Å². The highest BCUT2D eigenvalue weighted by Gasteiger charge is 2.32. The number of rotatable bonds is 9. The van der Waals surface area contributed by atoms with Gasteiger partial charge in [0, 0.05) is 42.2 Å². The number of benzene rings is 1. The second-order valence-corrected chi connectivity index (χ2v) is 11.6. The first-order chi connectivity index (χ1) is 16.2. The van der Waals surface area contributed by atoms with Crippen molar-refractivity contribution in [2.75, 3.05) is 41.5 Å². The summed E-state index contributed by atoms with van der Waals surface area (Å²) in [5.41, 5.74) is 1.13. The van der Waals surface area contributed by atoms with E-state index in [4.69, 9.17) is 0 Å². The van der Waals surface area contributed by atoms with Gasteiger partial charge in [-0.05, 0) is 49.5 Å². The summed E-state index contributed by atoms with van der Waals surface area (Å²) in [6.07, 6.45) is 8.50. The standard InChI is InChI=1S/C25H38N4O2S2/c30-24(22-16-33-18-26-22)28-23(17-32-15-19-7-3-1-4-8-19)25(31)29-13-11-21(12-14-29)27-20-9-5-2-6-10-20/h2,5-6,9-10,19,21-23,26-27H,1,3-4,7-8,11-18H2,(H,28,30)/t22-,23-/m0/s1. The van der Waals surface area contributed by atoms with Crippen molar-refractivity contribution < 1.29 is 9.59 Å². The monoisotopic (exact) mass is 490 g/mol. The SMILES string of the molecule is O=C(N[C@@H](CSCC1CCCCC1)C(=O)N1CCC(Nc2ccccc2)CC1)[C@@H]1CSCN1. The topological polar surface area (TPSA) is 73.5 Å². The van der Waals surface area contributed by atoms with Gasteiger partial charge in [0.2, 0.25) is 11.8 Å². The smallest absolute Gasteiger partial charge is 0.246 e. The van der Waals surface area contributed by atoms with Crippen molar-refractivity contribution in [1.29, 1.82) is 0 Å². The van der Waals surface area contributed by atoms with Gasteiger partial charge in [-0.3, -0.25) is 14.9 Å². The number of anilines is 1. The minimum Gasteiger partial charge on any atom is -0.382 e. The van der Waals surface area contributed by atoms with Crippen LogP contribution in [-0.2, 0) is 9.59 Å².